The first-order valence-electron chi connectivity index (χ1n) is 4.88. The van der Waals surface area contributed by atoms with Gasteiger partial charge in [-0.15, -0.1) is 0 Å². The number of likely N-dealkylation sites (tertiary alicyclic amines) is 1. The van der Waals surface area contributed by atoms with Gasteiger partial charge in [0.25, 0.3) is 0 Å². The van der Waals surface area contributed by atoms with Crippen LogP contribution in [0, 0.1) is 6.92 Å². The Bertz CT molecular complexity index is 332. The van der Waals surface area contributed by atoms with Gasteiger partial charge in [0.2, 0.25) is 0 Å². The summed E-state index contributed by atoms with van der Waals surface area (Å²) in [5.41, 5.74) is 8.49. The molecule has 0 spiro atoms. The second-order valence-electron chi connectivity index (χ2n) is 4.02. The van der Waals surface area contributed by atoms with Gasteiger partial charge >= 0.3 is 0 Å². The maximum atomic E-state index is 5.74. The summed E-state index contributed by atoms with van der Waals surface area (Å²) in [7, 11) is 0. The molecule has 0 saturated carbocycles. The third-order valence-corrected chi connectivity index (χ3v) is 3.18. The fraction of sp³-hybridized carbons (Fsp3) is 0.455. The van der Waals surface area contributed by atoms with Crippen LogP contribution in [0.2, 0.25) is 0 Å². The van der Waals surface area contributed by atoms with Gasteiger partial charge in [-0.2, -0.15) is 0 Å². The normalized spacial score (nSPS) is 18.2. The highest BCUT2D eigenvalue weighted by molar-refractivity contribution is 9.10. The second-order valence-corrected chi connectivity index (χ2v) is 4.94. The summed E-state index contributed by atoms with van der Waals surface area (Å²) >= 11 is 3.47. The van der Waals surface area contributed by atoms with Crippen molar-refractivity contribution in [3.8, 4) is 0 Å². The van der Waals surface area contributed by atoms with Crippen LogP contribution in [0.4, 0.5) is 0 Å². The molecule has 2 N–H and O–H groups in total. The molecule has 1 aromatic carbocycles. The Hall–Kier alpha value is -0.380. The van der Waals surface area contributed by atoms with Crippen LogP contribution in [0.15, 0.2) is 22.7 Å². The smallest absolute Gasteiger partial charge is 0.0297 e. The fourth-order valence-corrected chi connectivity index (χ4v) is 2.29. The quantitative estimate of drug-likeness (QED) is 0.874. The molecule has 1 aliphatic heterocycles. The molecule has 0 aromatic heterocycles. The Kier molecular flexibility index (Phi) is 2.91. The Balaban J connectivity index is 2.02. The van der Waals surface area contributed by atoms with E-state index < -0.39 is 0 Å². The monoisotopic (exact) mass is 254 g/mol. The van der Waals surface area contributed by atoms with E-state index in [0.717, 1.165) is 24.1 Å². The lowest BCUT2D eigenvalue weighted by Gasteiger charge is -2.37. The largest absolute Gasteiger partial charge is 0.325 e. The number of benzene rings is 1. The van der Waals surface area contributed by atoms with Gasteiger partial charge in [0, 0.05) is 30.1 Å². The third kappa shape index (κ3) is 2.16. The van der Waals surface area contributed by atoms with Crippen molar-refractivity contribution in [2.75, 3.05) is 13.1 Å². The van der Waals surface area contributed by atoms with E-state index >= 15 is 0 Å². The van der Waals surface area contributed by atoms with Gasteiger partial charge in [0.15, 0.2) is 0 Å². The van der Waals surface area contributed by atoms with Crippen molar-refractivity contribution in [1.82, 2.24) is 4.90 Å². The number of hydrogen-bond acceptors (Lipinski definition) is 2. The minimum atomic E-state index is 0.394. The van der Waals surface area contributed by atoms with Crippen LogP contribution in [0.5, 0.6) is 0 Å². The lowest BCUT2D eigenvalue weighted by molar-refractivity contribution is 0.142. The number of nitrogens with two attached hydrogens (primary N) is 1. The van der Waals surface area contributed by atoms with E-state index in [0.29, 0.717) is 6.04 Å². The van der Waals surface area contributed by atoms with Crippen LogP contribution >= 0.6 is 15.9 Å². The van der Waals surface area contributed by atoms with Gasteiger partial charge in [-0.3, -0.25) is 4.90 Å². The Morgan fingerprint density at radius 2 is 2.21 bits per heavy atom. The van der Waals surface area contributed by atoms with Crippen LogP contribution in [0.25, 0.3) is 0 Å². The SMILES string of the molecule is Cc1cc(Br)ccc1CN1CC(N)C1. The minimum absolute atomic E-state index is 0.394. The molecule has 0 radical (unpaired) electrons. The summed E-state index contributed by atoms with van der Waals surface area (Å²) < 4.78 is 1.15. The molecule has 1 aliphatic rings. The van der Waals surface area contributed by atoms with Crippen molar-refractivity contribution in [2.45, 2.75) is 19.5 Å². The molecule has 1 fully saturated rings. The highest BCUT2D eigenvalue weighted by Crippen LogP contribution is 2.19. The highest BCUT2D eigenvalue weighted by atomic mass is 79.9. The maximum absolute atomic E-state index is 5.74. The molecule has 1 aromatic rings. The lowest BCUT2D eigenvalue weighted by atomic mass is 10.1. The number of halogens is 1. The molecule has 1 saturated heterocycles. The van der Waals surface area contributed by atoms with Gasteiger partial charge in [0.05, 0.1) is 0 Å². The van der Waals surface area contributed by atoms with Crippen LogP contribution < -0.4 is 5.73 Å². The Morgan fingerprint density at radius 3 is 2.79 bits per heavy atom. The van der Waals surface area contributed by atoms with Gasteiger partial charge in [-0.1, -0.05) is 22.0 Å². The van der Waals surface area contributed by atoms with Gasteiger partial charge in [0.1, 0.15) is 0 Å². The van der Waals surface area contributed by atoms with Crippen molar-refractivity contribution in [1.29, 1.82) is 0 Å². The molecule has 0 aliphatic carbocycles. The molecular formula is C11H15BrN2. The first-order chi connectivity index (χ1) is 6.65. The van der Waals surface area contributed by atoms with E-state index in [9.17, 15) is 0 Å². The zero-order chi connectivity index (χ0) is 10.1. The molecule has 0 unspecified atom stereocenters. The molecule has 2 nitrogen and oxygen atoms in total. The molecule has 3 heteroatoms. The molecule has 0 amide bonds. The van der Waals surface area contributed by atoms with E-state index in [2.05, 4.69) is 46.0 Å². The van der Waals surface area contributed by atoms with Gasteiger partial charge in [-0.05, 0) is 30.2 Å². The standard InChI is InChI=1S/C11H15BrN2/c1-8-4-10(12)3-2-9(8)5-14-6-11(13)7-14/h2-4,11H,5-7,13H2,1H3. The first-order valence-corrected chi connectivity index (χ1v) is 5.67. The van der Waals surface area contributed by atoms with Gasteiger partial charge in [-0.25, -0.2) is 0 Å². The number of nitrogens with zero attached hydrogens (tertiary/aromatic N) is 1. The molecule has 0 bridgehead atoms. The Morgan fingerprint density at radius 1 is 1.50 bits per heavy atom. The molecular weight excluding hydrogens is 240 g/mol. The first kappa shape index (κ1) is 10.1. The molecule has 1 heterocycles. The number of rotatable bonds is 2. The van der Waals surface area contributed by atoms with Crippen LogP contribution in [0.3, 0.4) is 0 Å². The molecule has 0 atom stereocenters. The average Bonchev–Trinajstić information content (AvgIpc) is 2.06. The Labute approximate surface area is 93.2 Å². The summed E-state index contributed by atoms with van der Waals surface area (Å²) in [5.74, 6) is 0. The maximum Gasteiger partial charge on any atom is 0.0297 e. The predicted molar refractivity (Wildman–Crippen MR) is 62.1 cm³/mol. The van der Waals surface area contributed by atoms with E-state index in [1.54, 1.807) is 0 Å². The molecule has 76 valence electrons. The van der Waals surface area contributed by atoms with Crippen molar-refractivity contribution < 1.29 is 0 Å². The highest BCUT2D eigenvalue weighted by Gasteiger charge is 2.22. The van der Waals surface area contributed by atoms with E-state index in [-0.39, 0.29) is 0 Å². The number of hydrogen-bond donors (Lipinski definition) is 1. The van der Waals surface area contributed by atoms with Crippen LogP contribution in [-0.4, -0.2) is 24.0 Å². The van der Waals surface area contributed by atoms with Crippen molar-refractivity contribution in [3.05, 3.63) is 33.8 Å². The van der Waals surface area contributed by atoms with Crippen LogP contribution in [-0.2, 0) is 6.54 Å². The topological polar surface area (TPSA) is 29.3 Å². The summed E-state index contributed by atoms with van der Waals surface area (Å²) in [6.45, 7) is 5.26. The predicted octanol–water partition coefficient (Wildman–Crippen LogP) is 1.90. The van der Waals surface area contributed by atoms with E-state index in [1.807, 2.05) is 0 Å². The summed E-state index contributed by atoms with van der Waals surface area (Å²) in [5, 5.41) is 0. The summed E-state index contributed by atoms with van der Waals surface area (Å²) in [6.07, 6.45) is 0. The van der Waals surface area contributed by atoms with Crippen molar-refractivity contribution in [2.24, 2.45) is 5.73 Å². The minimum Gasteiger partial charge on any atom is -0.325 e. The van der Waals surface area contributed by atoms with Gasteiger partial charge < -0.3 is 5.73 Å². The fourth-order valence-electron chi connectivity index (χ4n) is 1.82. The van der Waals surface area contributed by atoms with E-state index in [4.69, 9.17) is 5.73 Å². The van der Waals surface area contributed by atoms with Crippen molar-refractivity contribution in [3.63, 3.8) is 0 Å². The van der Waals surface area contributed by atoms with Crippen molar-refractivity contribution >= 4 is 15.9 Å². The average molecular weight is 255 g/mol. The van der Waals surface area contributed by atoms with Crippen LogP contribution in [0.1, 0.15) is 11.1 Å². The second kappa shape index (κ2) is 4.01. The number of aryl methyl sites for hydroxylation is 1. The van der Waals surface area contributed by atoms with E-state index in [1.165, 1.54) is 11.1 Å². The molecule has 2 rings (SSSR count). The summed E-state index contributed by atoms with van der Waals surface area (Å²) in [4.78, 5) is 2.38. The summed E-state index contributed by atoms with van der Waals surface area (Å²) in [6, 6.07) is 6.84. The molecule has 14 heavy (non-hydrogen) atoms. The lowest BCUT2D eigenvalue weighted by Crippen LogP contribution is -2.54. The third-order valence-electron chi connectivity index (χ3n) is 2.68. The zero-order valence-electron chi connectivity index (χ0n) is 8.33. The zero-order valence-corrected chi connectivity index (χ0v) is 9.92.